The molecule has 0 spiro atoms. The number of hydrogen-bond donors (Lipinski definition) is 4. The summed E-state index contributed by atoms with van der Waals surface area (Å²) < 4.78 is 0. The number of benzene rings is 1. The fourth-order valence-electron chi connectivity index (χ4n) is 1.15. The molecular weight excluding hydrogens is 184 g/mol. The van der Waals surface area contributed by atoms with Gasteiger partial charge in [0.05, 0.1) is 11.4 Å². The summed E-state index contributed by atoms with van der Waals surface area (Å²) in [7, 11) is 0. The van der Waals surface area contributed by atoms with E-state index in [1.54, 1.807) is 6.92 Å². The lowest BCUT2D eigenvalue weighted by Gasteiger charge is -2.09. The van der Waals surface area contributed by atoms with Gasteiger partial charge in [0.1, 0.15) is 5.56 Å². The van der Waals surface area contributed by atoms with Crippen molar-refractivity contribution in [3.63, 3.8) is 0 Å². The predicted octanol–water partition coefficient (Wildman–Crippen LogP) is 0.855. The van der Waals surface area contributed by atoms with Crippen molar-refractivity contribution >= 4 is 17.2 Å². The van der Waals surface area contributed by atoms with E-state index in [1.807, 2.05) is 0 Å². The molecule has 5 heteroatoms. The SMILES string of the molecule is CCC(=O)c1c(O)c(N)cc(N)c1O. The molecule has 1 rings (SSSR count). The molecule has 0 bridgehead atoms. The van der Waals surface area contributed by atoms with Crippen LogP contribution in [0.15, 0.2) is 6.07 Å². The van der Waals surface area contributed by atoms with Crippen molar-refractivity contribution in [3.8, 4) is 11.5 Å². The quantitative estimate of drug-likeness (QED) is 0.242. The largest absolute Gasteiger partial charge is 0.505 e. The molecule has 0 heterocycles. The van der Waals surface area contributed by atoms with E-state index in [2.05, 4.69) is 0 Å². The number of carbonyl (C=O) groups is 1. The minimum absolute atomic E-state index is 0.0166. The molecule has 0 radical (unpaired) electrons. The van der Waals surface area contributed by atoms with E-state index in [4.69, 9.17) is 11.5 Å². The molecule has 0 aliphatic heterocycles. The maximum absolute atomic E-state index is 11.3. The monoisotopic (exact) mass is 196 g/mol. The lowest BCUT2D eigenvalue weighted by atomic mass is 10.0. The standard InChI is InChI=1S/C9H12N2O3/c1-2-6(12)7-8(13)4(10)3-5(11)9(7)14/h3,13-14H,2,10-11H2,1H3. The number of nitrogen functional groups attached to an aromatic ring is 2. The fraction of sp³-hybridized carbons (Fsp3) is 0.222. The lowest BCUT2D eigenvalue weighted by molar-refractivity contribution is 0.0983. The first-order valence-corrected chi connectivity index (χ1v) is 4.12. The second kappa shape index (κ2) is 3.45. The molecule has 0 unspecified atom stereocenters. The highest BCUT2D eigenvalue weighted by Gasteiger charge is 2.19. The minimum Gasteiger partial charge on any atom is -0.505 e. The number of carbonyl (C=O) groups excluding carboxylic acids is 1. The summed E-state index contributed by atoms with van der Waals surface area (Å²) in [6, 6.07) is 1.21. The van der Waals surface area contributed by atoms with Crippen LogP contribution in [0.3, 0.4) is 0 Å². The zero-order valence-electron chi connectivity index (χ0n) is 7.74. The number of hydrogen-bond acceptors (Lipinski definition) is 5. The van der Waals surface area contributed by atoms with E-state index in [1.165, 1.54) is 6.07 Å². The third kappa shape index (κ3) is 1.44. The number of ketones is 1. The number of rotatable bonds is 2. The summed E-state index contributed by atoms with van der Waals surface area (Å²) in [4.78, 5) is 11.3. The highest BCUT2D eigenvalue weighted by molar-refractivity contribution is 6.04. The van der Waals surface area contributed by atoms with Crippen molar-refractivity contribution in [2.75, 3.05) is 11.5 Å². The average molecular weight is 196 g/mol. The Hall–Kier alpha value is -1.91. The molecule has 0 atom stereocenters. The fourth-order valence-corrected chi connectivity index (χ4v) is 1.15. The van der Waals surface area contributed by atoms with Gasteiger partial charge in [-0.3, -0.25) is 4.79 Å². The van der Waals surface area contributed by atoms with Gasteiger partial charge in [0, 0.05) is 6.42 Å². The van der Waals surface area contributed by atoms with E-state index in [0.717, 1.165) is 0 Å². The molecule has 5 nitrogen and oxygen atoms in total. The Kier molecular flexibility index (Phi) is 2.51. The molecule has 0 saturated heterocycles. The second-order valence-corrected chi connectivity index (χ2v) is 2.90. The molecule has 0 amide bonds. The van der Waals surface area contributed by atoms with Crippen LogP contribution in [0.1, 0.15) is 23.7 Å². The Morgan fingerprint density at radius 3 is 2.07 bits per heavy atom. The van der Waals surface area contributed by atoms with Crippen LogP contribution < -0.4 is 11.5 Å². The van der Waals surface area contributed by atoms with E-state index < -0.39 is 17.3 Å². The highest BCUT2D eigenvalue weighted by atomic mass is 16.3. The van der Waals surface area contributed by atoms with Crippen molar-refractivity contribution < 1.29 is 15.0 Å². The molecule has 1 aromatic carbocycles. The first kappa shape index (κ1) is 10.2. The second-order valence-electron chi connectivity index (χ2n) is 2.90. The van der Waals surface area contributed by atoms with Gasteiger partial charge in [-0.25, -0.2) is 0 Å². The topological polar surface area (TPSA) is 110 Å². The number of Topliss-reactive ketones (excluding diaryl/α,β-unsaturated/α-hetero) is 1. The minimum atomic E-state index is -0.413. The molecule has 0 aliphatic carbocycles. The Bertz CT molecular complexity index is 362. The van der Waals surface area contributed by atoms with Gasteiger partial charge in [0.15, 0.2) is 17.3 Å². The van der Waals surface area contributed by atoms with E-state index in [9.17, 15) is 15.0 Å². The zero-order valence-corrected chi connectivity index (χ0v) is 7.74. The molecule has 14 heavy (non-hydrogen) atoms. The highest BCUT2D eigenvalue weighted by Crippen LogP contribution is 2.38. The van der Waals surface area contributed by atoms with Crippen LogP contribution >= 0.6 is 0 Å². The van der Waals surface area contributed by atoms with Crippen molar-refractivity contribution in [3.05, 3.63) is 11.6 Å². The third-order valence-corrected chi connectivity index (χ3v) is 1.93. The Labute approximate surface area is 81.0 Å². The van der Waals surface area contributed by atoms with Crippen LogP contribution in [0.5, 0.6) is 11.5 Å². The van der Waals surface area contributed by atoms with Gasteiger partial charge in [0.2, 0.25) is 0 Å². The first-order chi connectivity index (χ1) is 6.49. The van der Waals surface area contributed by atoms with Crippen molar-refractivity contribution in [2.24, 2.45) is 0 Å². The van der Waals surface area contributed by atoms with E-state index in [0.29, 0.717) is 0 Å². The molecule has 0 aromatic heterocycles. The number of phenolic OH excluding ortho intramolecular Hbond substituents is 2. The Morgan fingerprint density at radius 2 is 1.71 bits per heavy atom. The van der Waals surface area contributed by atoms with Crippen LogP contribution in [0.2, 0.25) is 0 Å². The normalized spacial score (nSPS) is 10.1. The predicted molar refractivity (Wildman–Crippen MR) is 53.2 cm³/mol. The Balaban J connectivity index is 3.47. The van der Waals surface area contributed by atoms with Crippen molar-refractivity contribution in [1.29, 1.82) is 0 Å². The molecule has 76 valence electrons. The number of aromatic hydroxyl groups is 2. The molecule has 0 saturated carbocycles. The summed E-state index contributed by atoms with van der Waals surface area (Å²) in [5, 5.41) is 18.9. The van der Waals surface area contributed by atoms with Crippen molar-refractivity contribution in [1.82, 2.24) is 0 Å². The van der Waals surface area contributed by atoms with Gasteiger partial charge in [-0.1, -0.05) is 6.92 Å². The summed E-state index contributed by atoms with van der Waals surface area (Å²) in [5.41, 5.74) is 10.5. The van der Waals surface area contributed by atoms with Gasteiger partial charge >= 0.3 is 0 Å². The first-order valence-electron chi connectivity index (χ1n) is 4.12. The van der Waals surface area contributed by atoms with Crippen LogP contribution in [-0.4, -0.2) is 16.0 Å². The number of phenols is 2. The maximum Gasteiger partial charge on any atom is 0.170 e. The number of anilines is 2. The summed E-state index contributed by atoms with van der Waals surface area (Å²) in [6.45, 7) is 1.61. The van der Waals surface area contributed by atoms with Gasteiger partial charge in [0.25, 0.3) is 0 Å². The van der Waals surface area contributed by atoms with E-state index in [-0.39, 0.29) is 23.4 Å². The van der Waals surface area contributed by atoms with Crippen LogP contribution in [0.25, 0.3) is 0 Å². The van der Waals surface area contributed by atoms with Crippen LogP contribution in [0.4, 0.5) is 11.4 Å². The number of nitrogens with two attached hydrogens (primary N) is 2. The van der Waals surface area contributed by atoms with Gasteiger partial charge in [-0.15, -0.1) is 0 Å². The lowest BCUT2D eigenvalue weighted by Crippen LogP contribution is -2.02. The van der Waals surface area contributed by atoms with Crippen LogP contribution in [0, 0.1) is 0 Å². The summed E-state index contributed by atoms with van der Waals surface area (Å²) in [6.07, 6.45) is 0.157. The van der Waals surface area contributed by atoms with Crippen LogP contribution in [-0.2, 0) is 0 Å². The van der Waals surface area contributed by atoms with Gasteiger partial charge < -0.3 is 21.7 Å². The van der Waals surface area contributed by atoms with Gasteiger partial charge in [-0.2, -0.15) is 0 Å². The summed E-state index contributed by atoms with van der Waals surface area (Å²) in [5.74, 6) is -1.23. The molecule has 0 fully saturated rings. The molecule has 1 aromatic rings. The van der Waals surface area contributed by atoms with Gasteiger partial charge in [-0.05, 0) is 6.07 Å². The smallest absolute Gasteiger partial charge is 0.170 e. The zero-order chi connectivity index (χ0) is 10.9. The summed E-state index contributed by atoms with van der Waals surface area (Å²) >= 11 is 0. The average Bonchev–Trinajstić information content (AvgIpc) is 2.15. The Morgan fingerprint density at radius 1 is 1.29 bits per heavy atom. The van der Waals surface area contributed by atoms with E-state index >= 15 is 0 Å². The molecule has 0 aliphatic rings. The maximum atomic E-state index is 11.3. The van der Waals surface area contributed by atoms with Crippen molar-refractivity contribution in [2.45, 2.75) is 13.3 Å². The molecular formula is C9H12N2O3. The third-order valence-electron chi connectivity index (χ3n) is 1.93. The molecule has 6 N–H and O–H groups in total.